The summed E-state index contributed by atoms with van der Waals surface area (Å²) in [7, 11) is 1.58. The molecule has 2 rings (SSSR count). The Morgan fingerprint density at radius 3 is 2.87 bits per heavy atom. The highest BCUT2D eigenvalue weighted by molar-refractivity contribution is 5.75. The van der Waals surface area contributed by atoms with Crippen molar-refractivity contribution in [2.75, 3.05) is 7.11 Å². The Kier molecular flexibility index (Phi) is 2.49. The summed E-state index contributed by atoms with van der Waals surface area (Å²) >= 11 is 0. The third-order valence-corrected chi connectivity index (χ3v) is 2.02. The number of aromatic nitrogens is 1. The SMILES string of the molecule is COc1ccccc1-c1cc(C=O)no1. The number of rotatable bonds is 3. The van der Waals surface area contributed by atoms with Gasteiger partial charge in [-0.3, -0.25) is 4.79 Å². The average molecular weight is 203 g/mol. The molecule has 1 aromatic carbocycles. The van der Waals surface area contributed by atoms with E-state index in [1.165, 1.54) is 0 Å². The Hall–Kier alpha value is -2.10. The molecule has 0 saturated heterocycles. The summed E-state index contributed by atoms with van der Waals surface area (Å²) in [6.07, 6.45) is 0.641. The molecule has 0 aliphatic carbocycles. The van der Waals surface area contributed by atoms with Gasteiger partial charge in [0.2, 0.25) is 0 Å². The number of carbonyl (C=O) groups excluding carboxylic acids is 1. The van der Waals surface area contributed by atoms with Crippen molar-refractivity contribution in [2.45, 2.75) is 0 Å². The number of para-hydroxylation sites is 1. The summed E-state index contributed by atoms with van der Waals surface area (Å²) in [5, 5.41) is 3.59. The largest absolute Gasteiger partial charge is 0.496 e. The highest BCUT2D eigenvalue weighted by Gasteiger charge is 2.10. The Bertz CT molecular complexity index is 476. The van der Waals surface area contributed by atoms with E-state index in [9.17, 15) is 4.79 Å². The molecule has 76 valence electrons. The maximum atomic E-state index is 10.5. The smallest absolute Gasteiger partial charge is 0.171 e. The van der Waals surface area contributed by atoms with Crippen LogP contribution in [0.4, 0.5) is 0 Å². The van der Waals surface area contributed by atoms with Gasteiger partial charge in [0.05, 0.1) is 12.7 Å². The number of methoxy groups -OCH3 is 1. The fourth-order valence-corrected chi connectivity index (χ4v) is 1.32. The van der Waals surface area contributed by atoms with Crippen LogP contribution in [0.1, 0.15) is 10.5 Å². The molecule has 1 heterocycles. The third kappa shape index (κ3) is 1.74. The maximum Gasteiger partial charge on any atom is 0.171 e. The molecule has 0 aliphatic rings. The highest BCUT2D eigenvalue weighted by atomic mass is 16.5. The Morgan fingerprint density at radius 1 is 1.40 bits per heavy atom. The monoisotopic (exact) mass is 203 g/mol. The van der Waals surface area contributed by atoms with Gasteiger partial charge in [-0.25, -0.2) is 0 Å². The van der Waals surface area contributed by atoms with E-state index >= 15 is 0 Å². The van der Waals surface area contributed by atoms with Crippen LogP contribution in [0.2, 0.25) is 0 Å². The minimum absolute atomic E-state index is 0.274. The van der Waals surface area contributed by atoms with Gasteiger partial charge in [-0.05, 0) is 12.1 Å². The quantitative estimate of drug-likeness (QED) is 0.717. The maximum absolute atomic E-state index is 10.5. The van der Waals surface area contributed by atoms with Gasteiger partial charge < -0.3 is 9.26 Å². The molecule has 0 aliphatic heterocycles. The molecule has 0 amide bonds. The van der Waals surface area contributed by atoms with E-state index in [2.05, 4.69) is 5.16 Å². The van der Waals surface area contributed by atoms with Crippen LogP contribution in [0.25, 0.3) is 11.3 Å². The zero-order chi connectivity index (χ0) is 10.7. The number of nitrogens with zero attached hydrogens (tertiary/aromatic N) is 1. The van der Waals surface area contributed by atoms with Crippen LogP contribution in [0.5, 0.6) is 5.75 Å². The van der Waals surface area contributed by atoms with Crippen LogP contribution >= 0.6 is 0 Å². The normalized spacial score (nSPS) is 9.93. The fraction of sp³-hybridized carbons (Fsp3) is 0.0909. The first-order valence-corrected chi connectivity index (χ1v) is 4.40. The summed E-state index contributed by atoms with van der Waals surface area (Å²) in [5.74, 6) is 1.21. The minimum Gasteiger partial charge on any atom is -0.496 e. The summed E-state index contributed by atoms with van der Waals surface area (Å²) in [6, 6.07) is 8.96. The van der Waals surface area contributed by atoms with Gasteiger partial charge in [-0.2, -0.15) is 0 Å². The predicted octanol–water partition coefficient (Wildman–Crippen LogP) is 2.16. The van der Waals surface area contributed by atoms with Crippen LogP contribution in [0, 0.1) is 0 Å². The molecule has 0 unspecified atom stereocenters. The predicted molar refractivity (Wildman–Crippen MR) is 53.9 cm³/mol. The van der Waals surface area contributed by atoms with Crippen molar-refractivity contribution in [3.63, 3.8) is 0 Å². The lowest BCUT2D eigenvalue weighted by atomic mass is 10.1. The molecule has 0 atom stereocenters. The molecule has 15 heavy (non-hydrogen) atoms. The van der Waals surface area contributed by atoms with Crippen LogP contribution < -0.4 is 4.74 Å². The average Bonchev–Trinajstić information content (AvgIpc) is 2.77. The van der Waals surface area contributed by atoms with Crippen molar-refractivity contribution in [1.82, 2.24) is 5.16 Å². The van der Waals surface area contributed by atoms with E-state index in [1.807, 2.05) is 24.3 Å². The first-order valence-electron chi connectivity index (χ1n) is 4.40. The van der Waals surface area contributed by atoms with Gasteiger partial charge in [0, 0.05) is 6.07 Å². The first-order chi connectivity index (χ1) is 7.35. The number of carbonyl (C=O) groups is 1. The molecule has 0 spiro atoms. The lowest BCUT2D eigenvalue weighted by molar-refractivity contribution is 0.111. The van der Waals surface area contributed by atoms with Crippen molar-refractivity contribution in [3.8, 4) is 17.1 Å². The summed E-state index contributed by atoms with van der Waals surface area (Å²) < 4.78 is 10.2. The van der Waals surface area contributed by atoms with E-state index in [4.69, 9.17) is 9.26 Å². The number of hydrogen-bond acceptors (Lipinski definition) is 4. The van der Waals surface area contributed by atoms with Gasteiger partial charge in [0.1, 0.15) is 11.4 Å². The number of hydrogen-bond donors (Lipinski definition) is 0. The topological polar surface area (TPSA) is 52.3 Å². The summed E-state index contributed by atoms with van der Waals surface area (Å²) in [4.78, 5) is 10.5. The molecule has 4 heteroatoms. The highest BCUT2D eigenvalue weighted by Crippen LogP contribution is 2.29. The number of benzene rings is 1. The lowest BCUT2D eigenvalue weighted by Gasteiger charge is -2.03. The van der Waals surface area contributed by atoms with Gasteiger partial charge in [-0.15, -0.1) is 0 Å². The summed E-state index contributed by atoms with van der Waals surface area (Å²) in [5.41, 5.74) is 1.05. The van der Waals surface area contributed by atoms with E-state index < -0.39 is 0 Å². The molecule has 0 N–H and O–H groups in total. The second kappa shape index (κ2) is 3.96. The van der Waals surface area contributed by atoms with Crippen molar-refractivity contribution < 1.29 is 14.1 Å². The van der Waals surface area contributed by atoms with E-state index in [1.54, 1.807) is 13.2 Å². The van der Waals surface area contributed by atoms with Crippen LogP contribution in [-0.4, -0.2) is 18.6 Å². The molecular weight excluding hydrogens is 194 g/mol. The second-order valence-corrected chi connectivity index (χ2v) is 2.93. The second-order valence-electron chi connectivity index (χ2n) is 2.93. The molecule has 0 saturated carbocycles. The molecule has 4 nitrogen and oxygen atoms in total. The summed E-state index contributed by atoms with van der Waals surface area (Å²) in [6.45, 7) is 0. The number of aldehydes is 1. The Labute approximate surface area is 86.5 Å². The Balaban J connectivity index is 2.48. The molecule has 0 radical (unpaired) electrons. The minimum atomic E-state index is 0.274. The van der Waals surface area contributed by atoms with Gasteiger partial charge in [0.25, 0.3) is 0 Å². The van der Waals surface area contributed by atoms with Gasteiger partial charge in [0.15, 0.2) is 12.0 Å². The molecular formula is C11H9NO3. The van der Waals surface area contributed by atoms with Crippen molar-refractivity contribution in [2.24, 2.45) is 0 Å². The van der Waals surface area contributed by atoms with Crippen molar-refractivity contribution in [1.29, 1.82) is 0 Å². The molecule has 2 aromatic rings. The molecule has 0 fully saturated rings. The standard InChI is InChI=1S/C11H9NO3/c1-14-10-5-3-2-4-9(10)11-6-8(7-13)12-15-11/h2-7H,1H3. The van der Waals surface area contributed by atoms with Gasteiger partial charge in [-0.1, -0.05) is 17.3 Å². The lowest BCUT2D eigenvalue weighted by Crippen LogP contribution is -1.85. The molecule has 1 aromatic heterocycles. The number of ether oxygens (including phenoxy) is 1. The first kappa shape index (κ1) is 9.45. The fourth-order valence-electron chi connectivity index (χ4n) is 1.32. The van der Waals surface area contributed by atoms with Crippen molar-refractivity contribution >= 4 is 6.29 Å². The zero-order valence-corrected chi connectivity index (χ0v) is 8.14. The van der Waals surface area contributed by atoms with E-state index in [0.29, 0.717) is 17.8 Å². The Morgan fingerprint density at radius 2 is 2.20 bits per heavy atom. The van der Waals surface area contributed by atoms with Crippen LogP contribution in [0.15, 0.2) is 34.9 Å². The molecule has 0 bridgehead atoms. The third-order valence-electron chi connectivity index (χ3n) is 2.02. The van der Waals surface area contributed by atoms with Crippen LogP contribution in [0.3, 0.4) is 0 Å². The van der Waals surface area contributed by atoms with Gasteiger partial charge >= 0.3 is 0 Å². The van der Waals surface area contributed by atoms with Crippen LogP contribution in [-0.2, 0) is 0 Å². The van der Waals surface area contributed by atoms with E-state index in [-0.39, 0.29) is 5.69 Å². The zero-order valence-electron chi connectivity index (χ0n) is 8.14. The van der Waals surface area contributed by atoms with E-state index in [0.717, 1.165) is 5.56 Å². The van der Waals surface area contributed by atoms with Crippen molar-refractivity contribution in [3.05, 3.63) is 36.0 Å².